The van der Waals surface area contributed by atoms with Gasteiger partial charge in [0, 0.05) is 29.1 Å². The fourth-order valence-electron chi connectivity index (χ4n) is 2.68. The van der Waals surface area contributed by atoms with Crippen LogP contribution in [-0.4, -0.2) is 25.9 Å². The van der Waals surface area contributed by atoms with Gasteiger partial charge in [0.15, 0.2) is 0 Å². The molecule has 0 aliphatic rings. The van der Waals surface area contributed by atoms with E-state index in [1.54, 1.807) is 17.0 Å². The van der Waals surface area contributed by atoms with Gasteiger partial charge in [-0.3, -0.25) is 4.79 Å². The molecule has 0 radical (unpaired) electrons. The van der Waals surface area contributed by atoms with Gasteiger partial charge in [-0.15, -0.1) is 10.2 Å². The molecule has 0 atom stereocenters. The van der Waals surface area contributed by atoms with Crippen LogP contribution in [0.5, 0.6) is 0 Å². The van der Waals surface area contributed by atoms with E-state index in [0.29, 0.717) is 11.6 Å². The van der Waals surface area contributed by atoms with Gasteiger partial charge in [0.25, 0.3) is 0 Å². The second kappa shape index (κ2) is 7.71. The monoisotopic (exact) mass is 371 g/mol. The third-order valence-corrected chi connectivity index (χ3v) is 4.15. The van der Waals surface area contributed by atoms with Gasteiger partial charge in [-0.1, -0.05) is 24.3 Å². The first kappa shape index (κ1) is 17.4. The number of hydrogen-bond donors (Lipinski definition) is 1. The highest BCUT2D eigenvalue weighted by Gasteiger charge is 2.08. The number of amides is 1. The SMILES string of the molecule is Cc1ccc(-c2nnco2)cc1NC(=O)C=Cc1cnn(-c2ccccc2)c1. The Kier molecular flexibility index (Phi) is 4.79. The van der Waals surface area contributed by atoms with E-state index >= 15 is 0 Å². The number of carbonyl (C=O) groups excluding carboxylic acids is 1. The van der Waals surface area contributed by atoms with Gasteiger partial charge in [-0.25, -0.2) is 4.68 Å². The molecule has 0 saturated carbocycles. The average molecular weight is 371 g/mol. The molecular weight excluding hydrogens is 354 g/mol. The van der Waals surface area contributed by atoms with Crippen molar-refractivity contribution in [2.45, 2.75) is 6.92 Å². The van der Waals surface area contributed by atoms with Crippen molar-refractivity contribution >= 4 is 17.7 Å². The zero-order valence-electron chi connectivity index (χ0n) is 15.1. The van der Waals surface area contributed by atoms with Gasteiger partial charge in [0.2, 0.25) is 18.2 Å². The van der Waals surface area contributed by atoms with E-state index < -0.39 is 0 Å². The van der Waals surface area contributed by atoms with Crippen LogP contribution in [0.2, 0.25) is 0 Å². The molecule has 0 aliphatic heterocycles. The van der Waals surface area contributed by atoms with E-state index in [9.17, 15) is 4.79 Å². The lowest BCUT2D eigenvalue weighted by atomic mass is 10.1. The maximum atomic E-state index is 12.3. The standard InChI is InChI=1S/C21H17N5O2/c1-15-7-9-17(21-25-22-14-28-21)11-19(15)24-20(27)10-8-16-12-23-26(13-16)18-5-3-2-4-6-18/h2-14H,1H3,(H,24,27). The molecule has 0 fully saturated rings. The summed E-state index contributed by atoms with van der Waals surface area (Å²) in [5.41, 5.74) is 4.15. The van der Waals surface area contributed by atoms with Crippen molar-refractivity contribution < 1.29 is 9.21 Å². The lowest BCUT2D eigenvalue weighted by molar-refractivity contribution is -0.111. The molecule has 1 N–H and O–H groups in total. The number of benzene rings is 2. The molecule has 138 valence electrons. The van der Waals surface area contributed by atoms with Gasteiger partial charge < -0.3 is 9.73 Å². The second-order valence-electron chi connectivity index (χ2n) is 6.15. The summed E-state index contributed by atoms with van der Waals surface area (Å²) in [4.78, 5) is 12.3. The van der Waals surface area contributed by atoms with E-state index in [2.05, 4.69) is 20.6 Å². The fraction of sp³-hybridized carbons (Fsp3) is 0.0476. The normalized spacial score (nSPS) is 11.0. The molecule has 7 nitrogen and oxygen atoms in total. The summed E-state index contributed by atoms with van der Waals surface area (Å²) in [6.45, 7) is 1.92. The van der Waals surface area contributed by atoms with Crippen molar-refractivity contribution in [2.75, 3.05) is 5.32 Å². The van der Waals surface area contributed by atoms with Crippen molar-refractivity contribution in [3.63, 3.8) is 0 Å². The Labute approximate surface area is 161 Å². The van der Waals surface area contributed by atoms with E-state index in [0.717, 1.165) is 22.4 Å². The largest absolute Gasteiger partial charge is 0.423 e. The smallest absolute Gasteiger partial charge is 0.248 e. The minimum Gasteiger partial charge on any atom is -0.423 e. The number of nitrogens with one attached hydrogen (secondary N) is 1. The first-order chi connectivity index (χ1) is 13.7. The molecule has 2 heterocycles. The van der Waals surface area contributed by atoms with Gasteiger partial charge in [-0.2, -0.15) is 5.10 Å². The third kappa shape index (κ3) is 3.88. The fourth-order valence-corrected chi connectivity index (χ4v) is 2.68. The molecule has 0 bridgehead atoms. The van der Waals surface area contributed by atoms with Crippen LogP contribution in [0.15, 0.2) is 77.8 Å². The van der Waals surface area contributed by atoms with Crippen LogP contribution in [0.25, 0.3) is 23.2 Å². The highest BCUT2D eigenvalue weighted by molar-refractivity contribution is 6.02. The quantitative estimate of drug-likeness (QED) is 0.538. The third-order valence-electron chi connectivity index (χ3n) is 4.15. The number of carbonyl (C=O) groups is 1. The molecule has 0 unspecified atom stereocenters. The van der Waals surface area contributed by atoms with Gasteiger partial charge in [-0.05, 0) is 42.8 Å². The van der Waals surface area contributed by atoms with E-state index in [1.165, 1.54) is 12.5 Å². The summed E-state index contributed by atoms with van der Waals surface area (Å²) in [5, 5.41) is 14.8. The minimum absolute atomic E-state index is 0.238. The Morgan fingerprint density at radius 1 is 1.18 bits per heavy atom. The molecule has 0 spiro atoms. The maximum Gasteiger partial charge on any atom is 0.248 e. The van der Waals surface area contributed by atoms with E-state index in [-0.39, 0.29) is 5.91 Å². The lowest BCUT2D eigenvalue weighted by Gasteiger charge is -2.07. The molecule has 28 heavy (non-hydrogen) atoms. The molecule has 7 heteroatoms. The number of nitrogens with zero attached hydrogens (tertiary/aromatic N) is 4. The Morgan fingerprint density at radius 2 is 2.04 bits per heavy atom. The predicted molar refractivity (Wildman–Crippen MR) is 106 cm³/mol. The molecule has 4 rings (SSSR count). The topological polar surface area (TPSA) is 85.8 Å². The van der Waals surface area contributed by atoms with Crippen molar-refractivity contribution in [3.05, 3.63) is 84.5 Å². The van der Waals surface area contributed by atoms with Crippen LogP contribution >= 0.6 is 0 Å². The Balaban J connectivity index is 1.46. The lowest BCUT2D eigenvalue weighted by Crippen LogP contribution is -2.09. The number of para-hydroxylation sites is 1. The molecule has 4 aromatic rings. The Bertz CT molecular complexity index is 1110. The molecule has 0 aliphatic carbocycles. The first-order valence-corrected chi connectivity index (χ1v) is 8.65. The molecule has 1 amide bonds. The Morgan fingerprint density at radius 3 is 2.82 bits per heavy atom. The molecule has 0 saturated heterocycles. The van der Waals surface area contributed by atoms with E-state index in [4.69, 9.17) is 4.42 Å². The number of hydrogen-bond acceptors (Lipinski definition) is 5. The minimum atomic E-state index is -0.238. The van der Waals surface area contributed by atoms with E-state index in [1.807, 2.05) is 61.7 Å². The number of anilines is 1. The van der Waals surface area contributed by atoms with Crippen LogP contribution in [-0.2, 0) is 4.79 Å². The van der Waals surface area contributed by atoms with Gasteiger partial charge in [0.1, 0.15) is 0 Å². The summed E-state index contributed by atoms with van der Waals surface area (Å²) < 4.78 is 6.96. The van der Waals surface area contributed by atoms with Gasteiger partial charge in [0.05, 0.1) is 11.9 Å². The highest BCUT2D eigenvalue weighted by Crippen LogP contribution is 2.24. The first-order valence-electron chi connectivity index (χ1n) is 8.65. The van der Waals surface area contributed by atoms with Crippen LogP contribution < -0.4 is 5.32 Å². The predicted octanol–water partition coefficient (Wildman–Crippen LogP) is 3.88. The average Bonchev–Trinajstić information content (AvgIpc) is 3.41. The molecule has 2 aromatic heterocycles. The number of aryl methyl sites for hydroxylation is 1. The Hall–Kier alpha value is -4.00. The number of rotatable bonds is 5. The summed E-state index contributed by atoms with van der Waals surface area (Å²) in [7, 11) is 0. The van der Waals surface area contributed by atoms with Crippen molar-refractivity contribution in [3.8, 4) is 17.1 Å². The van der Waals surface area contributed by atoms with Crippen molar-refractivity contribution in [1.82, 2.24) is 20.0 Å². The summed E-state index contributed by atoms with van der Waals surface area (Å²) in [5.74, 6) is 0.164. The van der Waals surface area contributed by atoms with Gasteiger partial charge >= 0.3 is 0 Å². The van der Waals surface area contributed by atoms with Crippen LogP contribution in [0, 0.1) is 6.92 Å². The molecule has 2 aromatic carbocycles. The zero-order valence-corrected chi connectivity index (χ0v) is 15.1. The summed E-state index contributed by atoms with van der Waals surface area (Å²) in [6, 6.07) is 15.3. The second-order valence-corrected chi connectivity index (χ2v) is 6.15. The van der Waals surface area contributed by atoms with Crippen LogP contribution in [0.4, 0.5) is 5.69 Å². The summed E-state index contributed by atoms with van der Waals surface area (Å²) >= 11 is 0. The maximum absolute atomic E-state index is 12.3. The molecular formula is C21H17N5O2. The van der Waals surface area contributed by atoms with Crippen molar-refractivity contribution in [1.29, 1.82) is 0 Å². The summed E-state index contributed by atoms with van der Waals surface area (Å²) in [6.07, 6.45) is 8.04. The number of aromatic nitrogens is 4. The van der Waals surface area contributed by atoms with Crippen molar-refractivity contribution in [2.24, 2.45) is 0 Å². The zero-order chi connectivity index (χ0) is 19.3. The van der Waals surface area contributed by atoms with Crippen LogP contribution in [0.3, 0.4) is 0 Å². The highest BCUT2D eigenvalue weighted by atomic mass is 16.4. The van der Waals surface area contributed by atoms with Crippen LogP contribution in [0.1, 0.15) is 11.1 Å².